The van der Waals surface area contributed by atoms with Gasteiger partial charge in [-0.2, -0.15) is 0 Å². The lowest BCUT2D eigenvalue weighted by Crippen LogP contribution is -2.46. The van der Waals surface area contributed by atoms with Crippen LogP contribution in [0.1, 0.15) is 18.4 Å². The van der Waals surface area contributed by atoms with Crippen LogP contribution < -0.4 is 15.0 Å². The maximum atomic E-state index is 5.58. The van der Waals surface area contributed by atoms with E-state index in [1.165, 1.54) is 11.3 Å². The minimum Gasteiger partial charge on any atom is -0.495 e. The summed E-state index contributed by atoms with van der Waals surface area (Å²) in [5.41, 5.74) is 5.51. The number of benzene rings is 3. The third-order valence-electron chi connectivity index (χ3n) is 6.67. The van der Waals surface area contributed by atoms with Gasteiger partial charge in [-0.1, -0.05) is 30.3 Å². The monoisotopic (exact) mass is 467 g/mol. The fraction of sp³-hybridized carbons (Fsp3) is 0.310. The zero-order valence-corrected chi connectivity index (χ0v) is 20.4. The molecule has 6 heteroatoms. The lowest BCUT2D eigenvalue weighted by Gasteiger charge is -2.36. The van der Waals surface area contributed by atoms with Crippen molar-refractivity contribution in [2.75, 3.05) is 43.5 Å². The van der Waals surface area contributed by atoms with Crippen molar-refractivity contribution in [2.24, 2.45) is 15.9 Å². The number of nitrogens with one attached hydrogen (secondary N) is 1. The Balaban J connectivity index is 1.34. The van der Waals surface area contributed by atoms with Crippen LogP contribution in [0.3, 0.4) is 0 Å². The number of hydrogen-bond donors (Lipinski definition) is 1. The summed E-state index contributed by atoms with van der Waals surface area (Å²) in [6.07, 6.45) is 2.32. The smallest absolute Gasteiger partial charge is 0.142 e. The molecule has 1 heterocycles. The normalized spacial score (nSPS) is 16.7. The van der Waals surface area contributed by atoms with Crippen LogP contribution in [0.2, 0.25) is 0 Å². The van der Waals surface area contributed by atoms with E-state index in [2.05, 4.69) is 69.3 Å². The topological polar surface area (TPSA) is 52.5 Å². The number of amidine groups is 1. The fourth-order valence-electron chi connectivity index (χ4n) is 4.59. The van der Waals surface area contributed by atoms with E-state index in [4.69, 9.17) is 9.73 Å². The molecule has 1 saturated carbocycles. The summed E-state index contributed by atoms with van der Waals surface area (Å²) in [5, 5.41) is 3.53. The molecule has 3 aromatic carbocycles. The largest absolute Gasteiger partial charge is 0.495 e. The predicted octanol–water partition coefficient (Wildman–Crippen LogP) is 5.90. The molecule has 0 spiro atoms. The van der Waals surface area contributed by atoms with Crippen molar-refractivity contribution < 1.29 is 4.74 Å². The van der Waals surface area contributed by atoms with E-state index in [0.717, 1.165) is 74.2 Å². The second-order valence-electron chi connectivity index (χ2n) is 9.17. The molecule has 2 aliphatic rings. The van der Waals surface area contributed by atoms with Gasteiger partial charge in [0.15, 0.2) is 0 Å². The molecular weight excluding hydrogens is 434 g/mol. The molecule has 2 fully saturated rings. The van der Waals surface area contributed by atoms with Crippen LogP contribution in [0.15, 0.2) is 82.8 Å². The molecule has 0 aromatic heterocycles. The summed E-state index contributed by atoms with van der Waals surface area (Å²) in [7, 11) is 1.74. The van der Waals surface area contributed by atoms with Crippen LogP contribution >= 0.6 is 0 Å². The second-order valence-corrected chi connectivity index (χ2v) is 9.17. The first kappa shape index (κ1) is 23.1. The zero-order valence-electron chi connectivity index (χ0n) is 20.4. The maximum Gasteiger partial charge on any atom is 0.142 e. The van der Waals surface area contributed by atoms with E-state index in [1.54, 1.807) is 7.11 Å². The van der Waals surface area contributed by atoms with Crippen LogP contribution in [-0.4, -0.2) is 50.7 Å². The summed E-state index contributed by atoms with van der Waals surface area (Å²) in [6, 6.07) is 25.0. The fourth-order valence-corrected chi connectivity index (χ4v) is 4.59. The number of aliphatic imine (C=N–C) groups is 2. The Morgan fingerprint density at radius 3 is 2.40 bits per heavy atom. The van der Waals surface area contributed by atoms with Crippen molar-refractivity contribution in [3.63, 3.8) is 0 Å². The minimum absolute atomic E-state index is 0.465. The van der Waals surface area contributed by atoms with E-state index in [1.807, 2.05) is 30.3 Å². The van der Waals surface area contributed by atoms with Gasteiger partial charge in [-0.25, -0.2) is 9.98 Å². The van der Waals surface area contributed by atoms with Crippen LogP contribution in [-0.2, 0) is 6.54 Å². The van der Waals surface area contributed by atoms with Gasteiger partial charge in [0.05, 0.1) is 18.5 Å². The number of rotatable bonds is 8. The lowest BCUT2D eigenvalue weighted by molar-refractivity contribution is 0.249. The average molecular weight is 468 g/mol. The number of nitrogens with zero attached hydrogens (tertiary/aromatic N) is 4. The summed E-state index contributed by atoms with van der Waals surface area (Å²) >= 11 is 0. The minimum atomic E-state index is 0.465. The molecule has 0 radical (unpaired) electrons. The molecule has 35 heavy (non-hydrogen) atoms. The molecule has 1 aliphatic carbocycles. The number of piperazine rings is 1. The zero-order chi connectivity index (χ0) is 24.0. The molecule has 0 unspecified atom stereocenters. The predicted molar refractivity (Wildman–Crippen MR) is 146 cm³/mol. The molecule has 0 amide bonds. The van der Waals surface area contributed by atoms with Crippen molar-refractivity contribution in [3.05, 3.63) is 78.4 Å². The summed E-state index contributed by atoms with van der Waals surface area (Å²) in [6.45, 7) is 8.49. The highest BCUT2D eigenvalue weighted by molar-refractivity contribution is 5.92. The van der Waals surface area contributed by atoms with Gasteiger partial charge in [-0.15, -0.1) is 0 Å². The standard InChI is InChI=1S/C29H33N5O/c1-30-29(22-12-13-22)32-26-15-14-25(31-24-8-4-3-5-9-24)20-23(26)21-33-16-18-34(19-17-33)27-10-6-7-11-28(27)35-2/h3-11,14-15,20,22,31H,1,12-13,16-19,21H2,2H3. The first-order chi connectivity index (χ1) is 17.2. The Morgan fingerprint density at radius 1 is 0.943 bits per heavy atom. The quantitative estimate of drug-likeness (QED) is 0.331. The van der Waals surface area contributed by atoms with E-state index in [9.17, 15) is 0 Å². The molecule has 0 bridgehead atoms. The molecule has 5 rings (SSSR count). The molecule has 1 aliphatic heterocycles. The molecule has 180 valence electrons. The van der Waals surface area contributed by atoms with Gasteiger partial charge >= 0.3 is 0 Å². The maximum absolute atomic E-state index is 5.58. The van der Waals surface area contributed by atoms with E-state index < -0.39 is 0 Å². The van der Waals surface area contributed by atoms with Gasteiger partial charge in [0, 0.05) is 50.0 Å². The SMILES string of the molecule is C=NC(=Nc1ccc(Nc2ccccc2)cc1CN1CCN(c2ccccc2OC)CC1)C1CC1. The van der Waals surface area contributed by atoms with Gasteiger partial charge < -0.3 is 15.0 Å². The lowest BCUT2D eigenvalue weighted by atomic mass is 10.1. The van der Waals surface area contributed by atoms with Gasteiger partial charge in [0.25, 0.3) is 0 Å². The van der Waals surface area contributed by atoms with Gasteiger partial charge in [-0.3, -0.25) is 4.90 Å². The van der Waals surface area contributed by atoms with Crippen molar-refractivity contribution >= 4 is 35.3 Å². The van der Waals surface area contributed by atoms with E-state index in [0.29, 0.717) is 5.92 Å². The number of anilines is 3. The Hall–Kier alpha value is -3.64. The van der Waals surface area contributed by atoms with Crippen molar-refractivity contribution in [2.45, 2.75) is 19.4 Å². The van der Waals surface area contributed by atoms with Gasteiger partial charge in [0.2, 0.25) is 0 Å². The second kappa shape index (κ2) is 10.7. The van der Waals surface area contributed by atoms with Crippen LogP contribution in [0.5, 0.6) is 5.75 Å². The number of hydrogen-bond acceptors (Lipinski definition) is 5. The summed E-state index contributed by atoms with van der Waals surface area (Å²) in [4.78, 5) is 14.1. The first-order valence-electron chi connectivity index (χ1n) is 12.3. The van der Waals surface area contributed by atoms with Gasteiger partial charge in [-0.05, 0) is 67.6 Å². The Kier molecular flexibility index (Phi) is 7.09. The third-order valence-corrected chi connectivity index (χ3v) is 6.67. The molecule has 1 N–H and O–H groups in total. The highest BCUT2D eigenvalue weighted by Gasteiger charge is 2.27. The van der Waals surface area contributed by atoms with Crippen molar-refractivity contribution in [1.29, 1.82) is 0 Å². The summed E-state index contributed by atoms with van der Waals surface area (Å²) in [5.74, 6) is 2.27. The third kappa shape index (κ3) is 5.72. The highest BCUT2D eigenvalue weighted by atomic mass is 16.5. The molecule has 6 nitrogen and oxygen atoms in total. The average Bonchev–Trinajstić information content (AvgIpc) is 3.75. The summed E-state index contributed by atoms with van der Waals surface area (Å²) < 4.78 is 5.58. The number of para-hydroxylation sites is 3. The molecule has 3 aromatic rings. The van der Waals surface area contributed by atoms with Gasteiger partial charge in [0.1, 0.15) is 11.6 Å². The van der Waals surface area contributed by atoms with E-state index >= 15 is 0 Å². The number of methoxy groups -OCH3 is 1. The Morgan fingerprint density at radius 2 is 1.69 bits per heavy atom. The van der Waals surface area contributed by atoms with Crippen molar-refractivity contribution in [1.82, 2.24) is 4.90 Å². The first-order valence-corrected chi connectivity index (χ1v) is 12.3. The molecular formula is C29H33N5O. The van der Waals surface area contributed by atoms with E-state index in [-0.39, 0.29) is 0 Å². The Labute approximate surface area is 208 Å². The van der Waals surface area contributed by atoms with Crippen LogP contribution in [0.4, 0.5) is 22.7 Å². The van der Waals surface area contributed by atoms with Crippen molar-refractivity contribution in [3.8, 4) is 5.75 Å². The Bertz CT molecular complexity index is 1180. The molecule has 0 atom stereocenters. The van der Waals surface area contributed by atoms with Crippen LogP contribution in [0.25, 0.3) is 0 Å². The van der Waals surface area contributed by atoms with Crippen LogP contribution in [0, 0.1) is 5.92 Å². The molecule has 1 saturated heterocycles. The number of ether oxygens (including phenoxy) is 1. The highest BCUT2D eigenvalue weighted by Crippen LogP contribution is 2.35.